The van der Waals surface area contributed by atoms with Gasteiger partial charge in [0.05, 0.1) is 10.0 Å². The van der Waals surface area contributed by atoms with E-state index in [-0.39, 0.29) is 21.5 Å². The van der Waals surface area contributed by atoms with Gasteiger partial charge in [-0.15, -0.1) is 0 Å². The molecule has 0 aliphatic carbocycles. The third-order valence-corrected chi connectivity index (χ3v) is 6.01. The lowest BCUT2D eigenvalue weighted by Gasteiger charge is -2.20. The van der Waals surface area contributed by atoms with Gasteiger partial charge in [-0.05, 0) is 47.9 Å². The molecule has 188 valence electrons. The molecule has 37 heavy (non-hydrogen) atoms. The van der Waals surface area contributed by atoms with Crippen molar-refractivity contribution in [1.82, 2.24) is 5.32 Å². The summed E-state index contributed by atoms with van der Waals surface area (Å²) in [6, 6.07) is 22.3. The Hall–Kier alpha value is -3.94. The molecule has 4 aromatic rings. The maximum absolute atomic E-state index is 13.8. The topological polar surface area (TPSA) is 67.4 Å². The largest absolute Gasteiger partial charge is 0.483 e. The zero-order valence-corrected chi connectivity index (χ0v) is 20.9. The first-order valence-corrected chi connectivity index (χ1v) is 11.9. The summed E-state index contributed by atoms with van der Waals surface area (Å²) in [7, 11) is 0. The van der Waals surface area contributed by atoms with Crippen LogP contribution in [0.5, 0.6) is 5.75 Å². The van der Waals surface area contributed by atoms with E-state index in [9.17, 15) is 18.4 Å². The van der Waals surface area contributed by atoms with Crippen molar-refractivity contribution >= 4 is 40.8 Å². The van der Waals surface area contributed by atoms with Crippen molar-refractivity contribution < 1.29 is 23.1 Å². The molecule has 3 amide bonds. The van der Waals surface area contributed by atoms with Gasteiger partial charge in [0, 0.05) is 5.69 Å². The molecule has 0 aliphatic heterocycles. The molecule has 4 rings (SSSR count). The Balaban J connectivity index is 1.49. The summed E-state index contributed by atoms with van der Waals surface area (Å²) in [6.45, 7) is 1.86. The average Bonchev–Trinajstić information content (AvgIpc) is 2.86. The first-order chi connectivity index (χ1) is 17.7. The van der Waals surface area contributed by atoms with Crippen molar-refractivity contribution in [2.24, 2.45) is 0 Å². The first kappa shape index (κ1) is 26.1. The van der Waals surface area contributed by atoms with Crippen LogP contribution in [0.3, 0.4) is 0 Å². The summed E-state index contributed by atoms with van der Waals surface area (Å²) in [6.07, 6.45) is -0.429. The van der Waals surface area contributed by atoms with Gasteiger partial charge >= 0.3 is 6.03 Å². The number of urea groups is 1. The van der Waals surface area contributed by atoms with Crippen molar-refractivity contribution in [2.75, 3.05) is 5.32 Å². The lowest BCUT2D eigenvalue weighted by molar-refractivity contribution is 0.0959. The maximum Gasteiger partial charge on any atom is 0.326 e. The Morgan fingerprint density at radius 3 is 2.08 bits per heavy atom. The number of hydrogen-bond donors (Lipinski definition) is 2. The molecule has 0 saturated heterocycles. The number of imide groups is 1. The standard InChI is InChI=1S/C28H20Cl2F2N2O3/c1-16(19-10-5-6-11-20(19)17-8-3-2-4-9-17)37-26-21(29)14-18(15-22(26)30)33-28(36)34-27(35)25-23(31)12-7-13-24(25)32/h2-16H,1H3,(H2,33,34,35,36). The Bertz CT molecular complexity index is 1420. The number of benzene rings is 4. The minimum atomic E-state index is -1.24. The summed E-state index contributed by atoms with van der Waals surface area (Å²) in [5.74, 6) is -3.23. The number of rotatable bonds is 6. The summed E-state index contributed by atoms with van der Waals surface area (Å²) in [5.41, 5.74) is 2.21. The number of anilines is 1. The minimum absolute atomic E-state index is 0.110. The molecular weight excluding hydrogens is 521 g/mol. The van der Waals surface area contributed by atoms with Gasteiger partial charge in [-0.25, -0.2) is 13.6 Å². The number of halogens is 4. The van der Waals surface area contributed by atoms with Gasteiger partial charge in [-0.3, -0.25) is 10.1 Å². The van der Waals surface area contributed by atoms with Crippen molar-refractivity contribution in [3.05, 3.63) is 118 Å². The van der Waals surface area contributed by atoms with Crippen LogP contribution in [0, 0.1) is 11.6 Å². The lowest BCUT2D eigenvalue weighted by atomic mass is 9.97. The van der Waals surface area contributed by atoms with Crippen LogP contribution < -0.4 is 15.4 Å². The highest BCUT2D eigenvalue weighted by Crippen LogP contribution is 2.40. The molecule has 4 aromatic carbocycles. The van der Waals surface area contributed by atoms with Crippen molar-refractivity contribution in [3.63, 3.8) is 0 Å². The molecule has 9 heteroatoms. The summed E-state index contributed by atoms with van der Waals surface area (Å²) in [4.78, 5) is 24.4. The van der Waals surface area contributed by atoms with Crippen LogP contribution in [-0.4, -0.2) is 11.9 Å². The molecule has 5 nitrogen and oxygen atoms in total. The SMILES string of the molecule is CC(Oc1c(Cl)cc(NC(=O)NC(=O)c2c(F)cccc2F)cc1Cl)c1ccccc1-c1ccccc1. The smallest absolute Gasteiger partial charge is 0.326 e. The Morgan fingerprint density at radius 1 is 0.838 bits per heavy atom. The van der Waals surface area contributed by atoms with Crippen molar-refractivity contribution in [1.29, 1.82) is 0 Å². The normalized spacial score (nSPS) is 11.5. The number of ether oxygens (including phenoxy) is 1. The molecule has 0 aromatic heterocycles. The van der Waals surface area contributed by atoms with Gasteiger partial charge in [-0.1, -0.05) is 83.9 Å². The highest BCUT2D eigenvalue weighted by Gasteiger charge is 2.21. The lowest BCUT2D eigenvalue weighted by Crippen LogP contribution is -2.35. The van der Waals surface area contributed by atoms with Crippen molar-refractivity contribution in [3.8, 4) is 16.9 Å². The second-order valence-electron chi connectivity index (χ2n) is 7.99. The molecule has 2 N–H and O–H groups in total. The van der Waals surface area contributed by atoms with E-state index < -0.39 is 35.2 Å². The van der Waals surface area contributed by atoms with Gasteiger partial charge in [0.25, 0.3) is 5.91 Å². The van der Waals surface area contributed by atoms with Gasteiger partial charge in [0.15, 0.2) is 5.75 Å². The molecule has 1 unspecified atom stereocenters. The summed E-state index contributed by atoms with van der Waals surface area (Å²) < 4.78 is 33.7. The van der Waals surface area contributed by atoms with Crippen LogP contribution in [0.15, 0.2) is 84.9 Å². The summed E-state index contributed by atoms with van der Waals surface area (Å²) >= 11 is 12.8. The first-order valence-electron chi connectivity index (χ1n) is 11.1. The molecule has 1 atom stereocenters. The van der Waals surface area contributed by atoms with Crippen LogP contribution in [0.4, 0.5) is 19.3 Å². The van der Waals surface area contributed by atoms with Crippen molar-refractivity contribution in [2.45, 2.75) is 13.0 Å². The molecular formula is C28H20Cl2F2N2O3. The highest BCUT2D eigenvalue weighted by molar-refractivity contribution is 6.37. The predicted molar refractivity (Wildman–Crippen MR) is 140 cm³/mol. The van der Waals surface area contributed by atoms with Crippen LogP contribution in [0.25, 0.3) is 11.1 Å². The molecule has 0 heterocycles. The summed E-state index contributed by atoms with van der Waals surface area (Å²) in [5, 5.41) is 4.45. The zero-order chi connectivity index (χ0) is 26.5. The van der Waals surface area contributed by atoms with E-state index >= 15 is 0 Å². The second-order valence-corrected chi connectivity index (χ2v) is 8.80. The van der Waals surface area contributed by atoms with Gasteiger partial charge in [0.1, 0.15) is 23.3 Å². The number of carbonyl (C=O) groups excluding carboxylic acids is 2. The average molecular weight is 541 g/mol. The Morgan fingerprint density at radius 2 is 1.43 bits per heavy atom. The van der Waals surface area contributed by atoms with Crippen LogP contribution >= 0.6 is 23.2 Å². The zero-order valence-electron chi connectivity index (χ0n) is 19.4. The van der Waals surface area contributed by atoms with Gasteiger partial charge in [0.2, 0.25) is 0 Å². The number of nitrogens with one attached hydrogen (secondary N) is 2. The van der Waals surface area contributed by atoms with E-state index in [1.807, 2.05) is 66.8 Å². The molecule has 0 spiro atoms. The van der Waals surface area contributed by atoms with Crippen LogP contribution in [0.2, 0.25) is 10.0 Å². The highest BCUT2D eigenvalue weighted by atomic mass is 35.5. The fraction of sp³-hybridized carbons (Fsp3) is 0.0714. The Kier molecular flexibility index (Phi) is 8.06. The van der Waals surface area contributed by atoms with E-state index in [0.717, 1.165) is 34.9 Å². The molecule has 0 radical (unpaired) electrons. The quantitative estimate of drug-likeness (QED) is 0.260. The third kappa shape index (κ3) is 6.07. The van der Waals surface area contributed by atoms with Gasteiger partial charge < -0.3 is 10.1 Å². The predicted octanol–water partition coefficient (Wildman–Crippen LogP) is 8.04. The van der Waals surface area contributed by atoms with E-state index in [1.54, 1.807) is 0 Å². The monoisotopic (exact) mass is 540 g/mol. The number of amides is 3. The fourth-order valence-corrected chi connectivity index (χ4v) is 4.34. The number of carbonyl (C=O) groups is 2. The van der Waals surface area contributed by atoms with E-state index in [1.165, 1.54) is 12.1 Å². The minimum Gasteiger partial charge on any atom is -0.483 e. The number of hydrogen-bond acceptors (Lipinski definition) is 3. The van der Waals surface area contributed by atoms with E-state index in [2.05, 4.69) is 5.32 Å². The van der Waals surface area contributed by atoms with E-state index in [4.69, 9.17) is 27.9 Å². The molecule has 0 fully saturated rings. The second kappa shape index (κ2) is 11.4. The van der Waals surface area contributed by atoms with Crippen LogP contribution in [0.1, 0.15) is 28.9 Å². The van der Waals surface area contributed by atoms with Crippen LogP contribution in [-0.2, 0) is 0 Å². The molecule has 0 aliphatic rings. The molecule has 0 bridgehead atoms. The Labute approximate surface area is 222 Å². The fourth-order valence-electron chi connectivity index (χ4n) is 3.76. The maximum atomic E-state index is 13.8. The third-order valence-electron chi connectivity index (χ3n) is 5.45. The van der Waals surface area contributed by atoms with Gasteiger partial charge in [-0.2, -0.15) is 0 Å². The van der Waals surface area contributed by atoms with E-state index in [0.29, 0.717) is 0 Å². The molecule has 0 saturated carbocycles.